The molecule has 4 heteroatoms. The van der Waals surface area contributed by atoms with Gasteiger partial charge in [-0.25, -0.2) is 4.39 Å². The van der Waals surface area contributed by atoms with Gasteiger partial charge in [-0.05, 0) is 12.1 Å². The molecule has 0 fully saturated rings. The highest BCUT2D eigenvalue weighted by molar-refractivity contribution is 6.33. The van der Waals surface area contributed by atoms with E-state index in [-0.39, 0.29) is 21.5 Å². The molecule has 2 N–H and O–H groups in total. The predicted molar refractivity (Wildman–Crippen MR) is 52.2 cm³/mol. The maximum absolute atomic E-state index is 13.4. The third kappa shape index (κ3) is 1.17. The Balaban J connectivity index is 2.98. The predicted octanol–water partition coefficient (Wildman–Crippen LogP) is 3.04. The molecule has 14 heavy (non-hydrogen) atoms. The van der Waals surface area contributed by atoms with E-state index in [9.17, 15) is 14.6 Å². The van der Waals surface area contributed by atoms with Gasteiger partial charge in [0.1, 0.15) is 5.75 Å². The van der Waals surface area contributed by atoms with Crippen molar-refractivity contribution in [2.45, 2.75) is 0 Å². The molecule has 0 aliphatic carbocycles. The van der Waals surface area contributed by atoms with Gasteiger partial charge in [0.25, 0.3) is 0 Å². The minimum Gasteiger partial charge on any atom is -0.507 e. The molecule has 0 heterocycles. The number of rotatable bonds is 0. The average Bonchev–Trinajstić information content (AvgIpc) is 2.17. The molecule has 0 bridgehead atoms. The van der Waals surface area contributed by atoms with Crippen LogP contribution < -0.4 is 0 Å². The SMILES string of the molecule is Oc1c(Cl)cc2c(O)cccc2c1F. The van der Waals surface area contributed by atoms with Crippen LogP contribution in [0.5, 0.6) is 11.5 Å². The van der Waals surface area contributed by atoms with Crippen molar-refractivity contribution in [3.05, 3.63) is 35.1 Å². The zero-order valence-electron chi connectivity index (χ0n) is 6.96. The lowest BCUT2D eigenvalue weighted by Crippen LogP contribution is -1.82. The molecule has 0 amide bonds. The highest BCUT2D eigenvalue weighted by atomic mass is 35.5. The van der Waals surface area contributed by atoms with E-state index in [0.29, 0.717) is 0 Å². The lowest BCUT2D eigenvalue weighted by Gasteiger charge is -2.05. The summed E-state index contributed by atoms with van der Waals surface area (Å²) in [5.74, 6) is -1.48. The van der Waals surface area contributed by atoms with Crippen molar-refractivity contribution in [2.24, 2.45) is 0 Å². The molecular formula is C10H6ClFO2. The molecular weight excluding hydrogens is 207 g/mol. The second kappa shape index (κ2) is 3.03. The Hall–Kier alpha value is -1.48. The van der Waals surface area contributed by atoms with Crippen LogP contribution in [-0.4, -0.2) is 10.2 Å². The summed E-state index contributed by atoms with van der Waals surface area (Å²) < 4.78 is 13.4. The fraction of sp³-hybridized carbons (Fsp3) is 0. The second-order valence-corrected chi connectivity index (χ2v) is 3.30. The number of hydrogen-bond donors (Lipinski definition) is 2. The van der Waals surface area contributed by atoms with Crippen LogP contribution in [0.15, 0.2) is 24.3 Å². The first-order valence-corrected chi connectivity index (χ1v) is 4.27. The van der Waals surface area contributed by atoms with Crippen molar-refractivity contribution in [1.82, 2.24) is 0 Å². The van der Waals surface area contributed by atoms with Crippen LogP contribution in [0.25, 0.3) is 10.8 Å². The molecule has 2 rings (SSSR count). The van der Waals surface area contributed by atoms with Crippen LogP contribution >= 0.6 is 11.6 Å². The van der Waals surface area contributed by atoms with Crippen molar-refractivity contribution in [1.29, 1.82) is 0 Å². The van der Waals surface area contributed by atoms with Crippen LogP contribution in [-0.2, 0) is 0 Å². The lowest BCUT2D eigenvalue weighted by molar-refractivity contribution is 0.436. The standard InChI is InChI=1S/C10H6ClFO2/c11-7-4-6-5(9(12)10(7)14)2-1-3-8(6)13/h1-4,13-14H. The summed E-state index contributed by atoms with van der Waals surface area (Å²) in [6.45, 7) is 0. The molecule has 0 aliphatic rings. The highest BCUT2D eigenvalue weighted by Crippen LogP contribution is 2.36. The van der Waals surface area contributed by atoms with Crippen LogP contribution in [0, 0.1) is 5.82 Å². The van der Waals surface area contributed by atoms with Crippen molar-refractivity contribution in [3.8, 4) is 11.5 Å². The molecule has 0 aromatic heterocycles. The van der Waals surface area contributed by atoms with Gasteiger partial charge in [0.05, 0.1) is 5.02 Å². The Bertz CT molecular complexity index is 511. The van der Waals surface area contributed by atoms with Crippen LogP contribution in [0.1, 0.15) is 0 Å². The zero-order chi connectivity index (χ0) is 10.3. The first-order valence-electron chi connectivity index (χ1n) is 3.90. The highest BCUT2D eigenvalue weighted by Gasteiger charge is 2.12. The third-order valence-corrected chi connectivity index (χ3v) is 2.31. The van der Waals surface area contributed by atoms with E-state index in [1.165, 1.54) is 24.3 Å². The Morgan fingerprint density at radius 1 is 1.14 bits per heavy atom. The summed E-state index contributed by atoms with van der Waals surface area (Å²) >= 11 is 5.56. The summed E-state index contributed by atoms with van der Waals surface area (Å²) in [5, 5.41) is 18.9. The molecule has 2 nitrogen and oxygen atoms in total. The van der Waals surface area contributed by atoms with Crippen LogP contribution in [0.3, 0.4) is 0 Å². The maximum atomic E-state index is 13.4. The van der Waals surface area contributed by atoms with Gasteiger partial charge in [-0.2, -0.15) is 0 Å². The first-order chi connectivity index (χ1) is 6.61. The Kier molecular flexibility index (Phi) is 1.97. The quantitative estimate of drug-likeness (QED) is 0.705. The van der Waals surface area contributed by atoms with Gasteiger partial charge >= 0.3 is 0 Å². The Morgan fingerprint density at radius 3 is 2.57 bits per heavy atom. The van der Waals surface area contributed by atoms with E-state index in [4.69, 9.17) is 11.6 Å². The monoisotopic (exact) mass is 212 g/mol. The largest absolute Gasteiger partial charge is 0.507 e. The first kappa shape index (κ1) is 9.09. The van der Waals surface area contributed by atoms with Crippen LogP contribution in [0.4, 0.5) is 4.39 Å². The number of aromatic hydroxyl groups is 2. The minimum absolute atomic E-state index is 0.0664. The molecule has 0 spiro atoms. The number of halogens is 2. The number of phenolic OH excluding ortho intramolecular Hbond substituents is 2. The van der Waals surface area contributed by atoms with Gasteiger partial charge < -0.3 is 10.2 Å². The molecule has 72 valence electrons. The van der Waals surface area contributed by atoms with Crippen molar-refractivity contribution < 1.29 is 14.6 Å². The summed E-state index contributed by atoms with van der Waals surface area (Å²) in [6.07, 6.45) is 0. The molecule has 0 saturated heterocycles. The molecule has 0 radical (unpaired) electrons. The topological polar surface area (TPSA) is 40.5 Å². The van der Waals surface area contributed by atoms with Crippen molar-refractivity contribution in [2.75, 3.05) is 0 Å². The van der Waals surface area contributed by atoms with Gasteiger partial charge in [0.15, 0.2) is 11.6 Å². The van der Waals surface area contributed by atoms with Gasteiger partial charge in [-0.15, -0.1) is 0 Å². The lowest BCUT2D eigenvalue weighted by atomic mass is 10.1. The Labute approximate surface area is 84.2 Å². The van der Waals surface area contributed by atoms with Gasteiger partial charge in [-0.3, -0.25) is 0 Å². The van der Waals surface area contributed by atoms with Crippen LogP contribution in [0.2, 0.25) is 5.02 Å². The third-order valence-electron chi connectivity index (χ3n) is 2.02. The van der Waals surface area contributed by atoms with Gasteiger partial charge in [0, 0.05) is 10.8 Å². The van der Waals surface area contributed by atoms with Crippen molar-refractivity contribution >= 4 is 22.4 Å². The molecule has 0 unspecified atom stereocenters. The normalized spacial score (nSPS) is 10.7. The number of fused-ring (bicyclic) bond motifs is 1. The molecule has 0 saturated carbocycles. The summed E-state index contributed by atoms with van der Waals surface area (Å²) in [7, 11) is 0. The van der Waals surface area contributed by atoms with E-state index in [0.717, 1.165) is 0 Å². The fourth-order valence-electron chi connectivity index (χ4n) is 1.32. The smallest absolute Gasteiger partial charge is 0.174 e. The maximum Gasteiger partial charge on any atom is 0.174 e. The summed E-state index contributed by atoms with van der Waals surface area (Å²) in [4.78, 5) is 0. The second-order valence-electron chi connectivity index (χ2n) is 2.89. The van der Waals surface area contributed by atoms with E-state index in [2.05, 4.69) is 0 Å². The Morgan fingerprint density at radius 2 is 1.86 bits per heavy atom. The van der Waals surface area contributed by atoms with Crippen molar-refractivity contribution in [3.63, 3.8) is 0 Å². The molecule has 0 aliphatic heterocycles. The molecule has 2 aromatic rings. The van der Waals surface area contributed by atoms with E-state index in [1.807, 2.05) is 0 Å². The number of benzene rings is 2. The summed E-state index contributed by atoms with van der Waals surface area (Å²) in [5.41, 5.74) is 0. The average molecular weight is 213 g/mol. The van der Waals surface area contributed by atoms with E-state index >= 15 is 0 Å². The number of hydrogen-bond acceptors (Lipinski definition) is 2. The zero-order valence-corrected chi connectivity index (χ0v) is 7.72. The van der Waals surface area contributed by atoms with Gasteiger partial charge in [0.2, 0.25) is 0 Å². The fourth-order valence-corrected chi connectivity index (χ4v) is 1.52. The summed E-state index contributed by atoms with van der Waals surface area (Å²) in [6, 6.07) is 5.70. The van der Waals surface area contributed by atoms with E-state index < -0.39 is 11.6 Å². The van der Waals surface area contributed by atoms with Gasteiger partial charge in [-0.1, -0.05) is 23.7 Å². The van der Waals surface area contributed by atoms with E-state index in [1.54, 1.807) is 0 Å². The molecule has 2 aromatic carbocycles. The minimum atomic E-state index is -0.816. The number of phenols is 2. The molecule has 0 atom stereocenters.